The second-order valence-electron chi connectivity index (χ2n) is 10.1. The number of amides is 3. The van der Waals surface area contributed by atoms with Crippen molar-refractivity contribution in [3.63, 3.8) is 0 Å². The van der Waals surface area contributed by atoms with E-state index in [4.69, 9.17) is 9.84 Å². The Kier molecular flexibility index (Phi) is 7.71. The van der Waals surface area contributed by atoms with E-state index in [1.807, 2.05) is 12.3 Å². The van der Waals surface area contributed by atoms with E-state index in [1.165, 1.54) is 23.5 Å². The van der Waals surface area contributed by atoms with Crippen molar-refractivity contribution in [2.45, 2.75) is 25.4 Å². The van der Waals surface area contributed by atoms with Gasteiger partial charge in [-0.3, -0.25) is 9.78 Å². The number of pyridine rings is 1. The van der Waals surface area contributed by atoms with E-state index in [-0.39, 0.29) is 23.7 Å². The Morgan fingerprint density at radius 2 is 1.90 bits per heavy atom. The summed E-state index contributed by atoms with van der Waals surface area (Å²) < 4.78 is 23.2. The Labute approximate surface area is 244 Å². The number of halogens is 1. The molecule has 2 fully saturated rings. The zero-order valence-corrected chi connectivity index (χ0v) is 23.4. The Morgan fingerprint density at radius 3 is 2.64 bits per heavy atom. The first-order valence-electron chi connectivity index (χ1n) is 13.5. The fraction of sp³-hybridized carbons (Fsp3) is 0.321. The van der Waals surface area contributed by atoms with Crippen molar-refractivity contribution >= 4 is 39.2 Å². The number of carbonyl (C=O) groups is 2. The van der Waals surface area contributed by atoms with Gasteiger partial charge < -0.3 is 30.3 Å². The lowest BCUT2D eigenvalue weighted by Crippen LogP contribution is -2.49. The molecule has 1 saturated heterocycles. The van der Waals surface area contributed by atoms with Crippen LogP contribution in [0.15, 0.2) is 55.0 Å². The SMILES string of the molecule is C=C(Cn1cc(-c2cc3nccc(Oc4ccc(NC(=O)NC5CC5)cc4F)c3s2)nn1)N1CCN(C(=O)CO)CC1. The number of benzene rings is 1. The minimum atomic E-state index is -0.606. The van der Waals surface area contributed by atoms with Gasteiger partial charge >= 0.3 is 6.03 Å². The molecule has 1 saturated carbocycles. The average molecular weight is 593 g/mol. The number of nitrogens with zero attached hydrogens (tertiary/aromatic N) is 6. The number of nitrogens with one attached hydrogen (secondary N) is 2. The molecule has 3 amide bonds. The quantitative estimate of drug-likeness (QED) is 0.269. The molecule has 6 rings (SSSR count). The molecule has 0 unspecified atom stereocenters. The first kappa shape index (κ1) is 27.6. The van der Waals surface area contributed by atoms with Crippen molar-refractivity contribution in [3.8, 4) is 22.1 Å². The summed E-state index contributed by atoms with van der Waals surface area (Å²) >= 11 is 1.41. The summed E-state index contributed by atoms with van der Waals surface area (Å²) in [5.74, 6) is -0.401. The predicted octanol–water partition coefficient (Wildman–Crippen LogP) is 3.42. The van der Waals surface area contributed by atoms with Gasteiger partial charge in [0, 0.05) is 61.9 Å². The second-order valence-corrected chi connectivity index (χ2v) is 11.2. The first-order valence-corrected chi connectivity index (χ1v) is 14.3. The van der Waals surface area contributed by atoms with Crippen LogP contribution in [-0.2, 0) is 11.3 Å². The van der Waals surface area contributed by atoms with E-state index in [1.54, 1.807) is 27.9 Å². The third-order valence-corrected chi connectivity index (χ3v) is 8.21. The number of piperazine rings is 1. The molecule has 14 heteroatoms. The fourth-order valence-electron chi connectivity index (χ4n) is 4.63. The smallest absolute Gasteiger partial charge is 0.319 e. The van der Waals surface area contributed by atoms with Gasteiger partial charge in [0.15, 0.2) is 11.6 Å². The number of thiophene rings is 1. The van der Waals surface area contributed by atoms with Crippen LogP contribution in [0.3, 0.4) is 0 Å². The summed E-state index contributed by atoms with van der Waals surface area (Å²) in [5, 5.41) is 23.1. The monoisotopic (exact) mass is 592 g/mol. The summed E-state index contributed by atoms with van der Waals surface area (Å²) in [7, 11) is 0. The molecular formula is C28H29FN8O4S. The molecule has 4 aromatic rings. The van der Waals surface area contributed by atoms with Crippen LogP contribution >= 0.6 is 11.3 Å². The van der Waals surface area contributed by atoms with Crippen molar-refractivity contribution in [2.24, 2.45) is 0 Å². The number of aliphatic hydroxyl groups is 1. The molecule has 3 N–H and O–H groups in total. The van der Waals surface area contributed by atoms with E-state index >= 15 is 0 Å². The minimum absolute atomic E-state index is 0.0246. The Bertz CT molecular complexity index is 1640. The molecule has 42 heavy (non-hydrogen) atoms. The number of anilines is 1. The van der Waals surface area contributed by atoms with Crippen LogP contribution in [0, 0.1) is 5.82 Å². The van der Waals surface area contributed by atoms with Crippen molar-refractivity contribution in [1.29, 1.82) is 0 Å². The summed E-state index contributed by atoms with van der Waals surface area (Å²) in [6, 6.07) is 7.69. The van der Waals surface area contributed by atoms with Gasteiger partial charge in [0.05, 0.1) is 27.8 Å². The number of allylic oxidation sites excluding steroid dienone is 1. The molecule has 3 aromatic heterocycles. The number of ether oxygens (including phenoxy) is 1. The number of hydrogen-bond acceptors (Lipinski definition) is 9. The Hall–Kier alpha value is -4.56. The van der Waals surface area contributed by atoms with E-state index in [2.05, 4.69) is 37.4 Å². The van der Waals surface area contributed by atoms with Crippen LogP contribution in [0.1, 0.15) is 12.8 Å². The van der Waals surface area contributed by atoms with Crippen molar-refractivity contribution in [1.82, 2.24) is 35.1 Å². The maximum atomic E-state index is 14.9. The summed E-state index contributed by atoms with van der Waals surface area (Å²) in [6.45, 7) is 6.46. The highest BCUT2D eigenvalue weighted by molar-refractivity contribution is 7.22. The summed E-state index contributed by atoms with van der Waals surface area (Å²) in [6.07, 6.45) is 5.35. The normalized spacial score (nSPS) is 15.1. The topological polar surface area (TPSA) is 138 Å². The number of rotatable bonds is 9. The van der Waals surface area contributed by atoms with Crippen LogP contribution in [0.25, 0.3) is 20.8 Å². The van der Waals surface area contributed by atoms with Gasteiger partial charge in [0.25, 0.3) is 0 Å². The Morgan fingerprint density at radius 1 is 1.12 bits per heavy atom. The molecule has 2 aliphatic rings. The van der Waals surface area contributed by atoms with Crippen LogP contribution in [-0.4, -0.2) is 85.7 Å². The zero-order valence-electron chi connectivity index (χ0n) is 22.6. The van der Waals surface area contributed by atoms with Crippen LogP contribution in [0.2, 0.25) is 0 Å². The predicted molar refractivity (Wildman–Crippen MR) is 155 cm³/mol. The third kappa shape index (κ3) is 6.19. The van der Waals surface area contributed by atoms with Crippen molar-refractivity contribution in [2.75, 3.05) is 38.1 Å². The number of aromatic nitrogens is 4. The molecular weight excluding hydrogens is 563 g/mol. The van der Waals surface area contributed by atoms with Gasteiger partial charge in [-0.1, -0.05) is 11.8 Å². The molecule has 12 nitrogen and oxygen atoms in total. The standard InChI is InChI=1S/C28H29FN8O4S/c1-17(35-8-10-36(11-9-35)26(39)16-38)14-37-15-22(33-34-37)25-13-21-27(42-25)24(6-7-30-21)41-23-5-4-19(12-20(23)29)32-28(40)31-18-2-3-18/h4-7,12-13,15,18,38H,1-3,8-11,14,16H2,(H2,31,32,40). The molecule has 0 radical (unpaired) electrons. The zero-order chi connectivity index (χ0) is 29.2. The van der Waals surface area contributed by atoms with E-state index < -0.39 is 12.4 Å². The van der Waals surface area contributed by atoms with Crippen molar-refractivity contribution < 1.29 is 23.8 Å². The number of urea groups is 1. The average Bonchev–Trinajstić information content (AvgIpc) is 3.48. The van der Waals surface area contributed by atoms with E-state index in [9.17, 15) is 14.0 Å². The number of aliphatic hydroxyl groups excluding tert-OH is 1. The minimum Gasteiger partial charge on any atom is -0.453 e. The van der Waals surface area contributed by atoms with Gasteiger partial charge in [-0.15, -0.1) is 16.4 Å². The largest absolute Gasteiger partial charge is 0.453 e. The third-order valence-electron chi connectivity index (χ3n) is 7.05. The molecule has 218 valence electrons. The molecule has 1 aliphatic carbocycles. The maximum absolute atomic E-state index is 14.9. The van der Waals surface area contributed by atoms with Gasteiger partial charge in [-0.05, 0) is 31.0 Å². The van der Waals surface area contributed by atoms with Crippen LogP contribution in [0.5, 0.6) is 11.5 Å². The number of hydrogen-bond donors (Lipinski definition) is 3. The van der Waals surface area contributed by atoms with Gasteiger partial charge in [0.1, 0.15) is 18.1 Å². The van der Waals surface area contributed by atoms with E-state index in [0.29, 0.717) is 55.4 Å². The Balaban J connectivity index is 1.11. The number of fused-ring (bicyclic) bond motifs is 1. The molecule has 1 aliphatic heterocycles. The first-order chi connectivity index (χ1) is 20.4. The van der Waals surface area contributed by atoms with Crippen LogP contribution < -0.4 is 15.4 Å². The van der Waals surface area contributed by atoms with Gasteiger partial charge in [-0.2, -0.15) is 0 Å². The van der Waals surface area contributed by atoms with Crippen molar-refractivity contribution in [3.05, 3.63) is 60.8 Å². The molecule has 0 bridgehead atoms. The highest BCUT2D eigenvalue weighted by Gasteiger charge is 2.24. The van der Waals surface area contributed by atoms with Crippen LogP contribution in [0.4, 0.5) is 14.9 Å². The molecule has 0 atom stereocenters. The molecule has 1 aromatic carbocycles. The van der Waals surface area contributed by atoms with E-state index in [0.717, 1.165) is 28.1 Å². The lowest BCUT2D eigenvalue weighted by Gasteiger charge is -2.36. The lowest BCUT2D eigenvalue weighted by molar-refractivity contribution is -0.135. The highest BCUT2D eigenvalue weighted by Crippen LogP contribution is 2.39. The highest BCUT2D eigenvalue weighted by atomic mass is 32.1. The summed E-state index contributed by atoms with van der Waals surface area (Å²) in [5.41, 5.74) is 2.52. The lowest BCUT2D eigenvalue weighted by atomic mass is 10.2. The maximum Gasteiger partial charge on any atom is 0.319 e. The molecule has 4 heterocycles. The fourth-order valence-corrected chi connectivity index (χ4v) is 5.64. The van der Waals surface area contributed by atoms with Gasteiger partial charge in [-0.25, -0.2) is 13.9 Å². The second kappa shape index (κ2) is 11.7. The molecule has 0 spiro atoms. The van der Waals surface area contributed by atoms with Gasteiger partial charge in [0.2, 0.25) is 5.91 Å². The summed E-state index contributed by atoms with van der Waals surface area (Å²) in [4.78, 5) is 32.7. The number of carbonyl (C=O) groups excluding carboxylic acids is 2.